The largest absolute Gasteiger partial charge is 0.366 e. The number of nitrogens with one attached hydrogen (secondary N) is 1. The second kappa shape index (κ2) is 7.83. The molecular formula is C18H22FN3OS. The zero-order valence-electron chi connectivity index (χ0n) is 13.7. The van der Waals surface area contributed by atoms with E-state index in [-0.39, 0.29) is 11.1 Å². The highest BCUT2D eigenvalue weighted by Crippen LogP contribution is 2.25. The van der Waals surface area contributed by atoms with E-state index in [0.717, 1.165) is 42.8 Å². The Hall–Kier alpha value is -1.82. The molecule has 6 heteroatoms. The van der Waals surface area contributed by atoms with E-state index in [0.29, 0.717) is 11.7 Å². The van der Waals surface area contributed by atoms with Crippen molar-refractivity contribution in [1.29, 1.82) is 0 Å². The van der Waals surface area contributed by atoms with Crippen molar-refractivity contribution in [2.24, 2.45) is 0 Å². The number of anilines is 1. The van der Waals surface area contributed by atoms with Crippen molar-refractivity contribution in [3.05, 3.63) is 42.2 Å². The molecule has 3 unspecified atom stereocenters. The molecule has 0 radical (unpaired) electrons. The average Bonchev–Trinajstić information content (AvgIpc) is 2.63. The smallest absolute Gasteiger partial charge is 0.148 e. The van der Waals surface area contributed by atoms with E-state index in [1.807, 2.05) is 19.1 Å². The zero-order valence-corrected chi connectivity index (χ0v) is 14.6. The molecule has 2 aromatic rings. The number of hydrogen-bond acceptors (Lipinski definition) is 4. The third-order valence-electron chi connectivity index (χ3n) is 4.44. The molecule has 3 atom stereocenters. The molecule has 1 fully saturated rings. The van der Waals surface area contributed by atoms with Crippen LogP contribution in [0.1, 0.15) is 32.6 Å². The predicted molar refractivity (Wildman–Crippen MR) is 95.8 cm³/mol. The molecule has 1 aromatic heterocycles. The molecule has 1 aromatic carbocycles. The van der Waals surface area contributed by atoms with E-state index in [2.05, 4.69) is 15.5 Å². The summed E-state index contributed by atoms with van der Waals surface area (Å²) in [5.74, 6) is 1.19. The molecule has 128 valence electrons. The van der Waals surface area contributed by atoms with Gasteiger partial charge in [-0.25, -0.2) is 4.39 Å². The number of benzene rings is 1. The Morgan fingerprint density at radius 3 is 2.62 bits per heavy atom. The third kappa shape index (κ3) is 4.17. The number of halogens is 1. The number of aromatic nitrogens is 2. The van der Waals surface area contributed by atoms with Crippen LogP contribution in [0, 0.1) is 5.82 Å². The fourth-order valence-corrected chi connectivity index (χ4v) is 4.49. The molecule has 1 saturated carbocycles. The van der Waals surface area contributed by atoms with Crippen LogP contribution in [-0.2, 0) is 10.8 Å². The Labute approximate surface area is 144 Å². The second-order valence-electron chi connectivity index (χ2n) is 6.11. The summed E-state index contributed by atoms with van der Waals surface area (Å²) < 4.78 is 25.0. The summed E-state index contributed by atoms with van der Waals surface area (Å²) in [5, 5.41) is 12.1. The normalized spacial score (nSPS) is 22.1. The lowest BCUT2D eigenvalue weighted by Crippen LogP contribution is -2.33. The molecule has 24 heavy (non-hydrogen) atoms. The van der Waals surface area contributed by atoms with E-state index in [1.165, 1.54) is 12.1 Å². The average molecular weight is 347 g/mol. The maximum atomic E-state index is 13.0. The first-order chi connectivity index (χ1) is 11.7. The van der Waals surface area contributed by atoms with Crippen molar-refractivity contribution in [3.63, 3.8) is 0 Å². The monoisotopic (exact) mass is 347 g/mol. The van der Waals surface area contributed by atoms with Gasteiger partial charge in [0, 0.05) is 33.4 Å². The molecular weight excluding hydrogens is 325 g/mol. The van der Waals surface area contributed by atoms with Crippen LogP contribution in [0.2, 0.25) is 0 Å². The van der Waals surface area contributed by atoms with Crippen LogP contribution in [0.3, 0.4) is 0 Å². The molecule has 4 nitrogen and oxygen atoms in total. The fourth-order valence-electron chi connectivity index (χ4n) is 3.14. The van der Waals surface area contributed by atoms with E-state index >= 15 is 0 Å². The van der Waals surface area contributed by atoms with Crippen molar-refractivity contribution in [3.8, 4) is 11.3 Å². The summed E-state index contributed by atoms with van der Waals surface area (Å²) in [5.41, 5.74) is 1.56. The van der Waals surface area contributed by atoms with Gasteiger partial charge in [0.15, 0.2) is 0 Å². The Morgan fingerprint density at radius 2 is 1.96 bits per heavy atom. The van der Waals surface area contributed by atoms with E-state index in [1.54, 1.807) is 12.1 Å². The maximum Gasteiger partial charge on any atom is 0.148 e. The lowest BCUT2D eigenvalue weighted by Gasteiger charge is -2.29. The van der Waals surface area contributed by atoms with Crippen molar-refractivity contribution in [2.75, 3.05) is 11.1 Å². The predicted octanol–water partition coefficient (Wildman–Crippen LogP) is 3.77. The minimum absolute atomic E-state index is 0.263. The standard InChI is InChI=1S/C18H22FN3OS/c1-2-24(23)16-5-3-4-15(12-16)20-18-11-10-17(21-22-18)13-6-8-14(19)9-7-13/h6-11,15-16H,2-5,12H2,1H3,(H,20,22). The first-order valence-corrected chi connectivity index (χ1v) is 9.77. The number of nitrogens with zero attached hydrogens (tertiary/aromatic N) is 2. The van der Waals surface area contributed by atoms with Crippen LogP contribution >= 0.6 is 0 Å². The van der Waals surface area contributed by atoms with Gasteiger partial charge in [-0.3, -0.25) is 4.21 Å². The zero-order chi connectivity index (χ0) is 16.9. The quantitative estimate of drug-likeness (QED) is 0.894. The molecule has 1 aliphatic rings. The van der Waals surface area contributed by atoms with Gasteiger partial charge in [0.05, 0.1) is 5.69 Å². The molecule has 0 saturated heterocycles. The second-order valence-corrected chi connectivity index (χ2v) is 8.12. The summed E-state index contributed by atoms with van der Waals surface area (Å²) in [6, 6.07) is 10.3. The molecule has 3 rings (SSSR count). The lowest BCUT2D eigenvalue weighted by molar-refractivity contribution is 0.464. The molecule has 0 bridgehead atoms. The summed E-state index contributed by atoms with van der Waals surface area (Å²) in [7, 11) is -0.729. The molecule has 1 heterocycles. The summed E-state index contributed by atoms with van der Waals surface area (Å²) >= 11 is 0. The SMILES string of the molecule is CCS(=O)C1CCCC(Nc2ccc(-c3ccc(F)cc3)nn2)C1. The molecule has 1 N–H and O–H groups in total. The van der Waals surface area contributed by atoms with E-state index < -0.39 is 10.8 Å². The van der Waals surface area contributed by atoms with Crippen LogP contribution in [0.5, 0.6) is 0 Å². The maximum absolute atomic E-state index is 13.0. The highest BCUT2D eigenvalue weighted by Gasteiger charge is 2.25. The van der Waals surface area contributed by atoms with Crippen LogP contribution in [-0.4, -0.2) is 31.5 Å². The van der Waals surface area contributed by atoms with Gasteiger partial charge in [0.1, 0.15) is 11.6 Å². The number of rotatable bonds is 5. The van der Waals surface area contributed by atoms with Gasteiger partial charge < -0.3 is 5.32 Å². The lowest BCUT2D eigenvalue weighted by atomic mass is 9.95. The highest BCUT2D eigenvalue weighted by atomic mass is 32.2. The van der Waals surface area contributed by atoms with Crippen LogP contribution in [0.15, 0.2) is 36.4 Å². The Kier molecular flexibility index (Phi) is 5.56. The minimum atomic E-state index is -0.729. The Bertz CT molecular complexity index is 690. The molecule has 0 aliphatic heterocycles. The van der Waals surface area contributed by atoms with Gasteiger partial charge in [0.2, 0.25) is 0 Å². The summed E-state index contributed by atoms with van der Waals surface area (Å²) in [4.78, 5) is 0. The third-order valence-corrected chi connectivity index (χ3v) is 6.18. The van der Waals surface area contributed by atoms with Crippen LogP contribution < -0.4 is 5.32 Å². The summed E-state index contributed by atoms with van der Waals surface area (Å²) in [6.07, 6.45) is 4.13. The minimum Gasteiger partial charge on any atom is -0.366 e. The van der Waals surface area contributed by atoms with E-state index in [4.69, 9.17) is 0 Å². The topological polar surface area (TPSA) is 54.9 Å². The van der Waals surface area contributed by atoms with Crippen molar-refractivity contribution >= 4 is 16.6 Å². The van der Waals surface area contributed by atoms with Gasteiger partial charge in [0.25, 0.3) is 0 Å². The van der Waals surface area contributed by atoms with Crippen LogP contribution in [0.4, 0.5) is 10.2 Å². The van der Waals surface area contributed by atoms with Crippen LogP contribution in [0.25, 0.3) is 11.3 Å². The van der Waals surface area contributed by atoms with Gasteiger partial charge in [-0.05, 0) is 55.7 Å². The summed E-state index contributed by atoms with van der Waals surface area (Å²) in [6.45, 7) is 1.98. The Balaban J connectivity index is 1.63. The Morgan fingerprint density at radius 1 is 1.17 bits per heavy atom. The van der Waals surface area contributed by atoms with Crippen molar-refractivity contribution in [1.82, 2.24) is 10.2 Å². The first-order valence-electron chi connectivity index (χ1n) is 8.39. The van der Waals surface area contributed by atoms with E-state index in [9.17, 15) is 8.60 Å². The number of hydrogen-bond donors (Lipinski definition) is 1. The molecule has 0 amide bonds. The van der Waals surface area contributed by atoms with Gasteiger partial charge in [-0.2, -0.15) is 0 Å². The van der Waals surface area contributed by atoms with Gasteiger partial charge in [-0.15, -0.1) is 10.2 Å². The molecule has 1 aliphatic carbocycles. The highest BCUT2D eigenvalue weighted by molar-refractivity contribution is 7.85. The molecule has 0 spiro atoms. The van der Waals surface area contributed by atoms with Gasteiger partial charge >= 0.3 is 0 Å². The van der Waals surface area contributed by atoms with Crippen molar-refractivity contribution in [2.45, 2.75) is 43.9 Å². The van der Waals surface area contributed by atoms with Crippen molar-refractivity contribution < 1.29 is 8.60 Å². The fraction of sp³-hybridized carbons (Fsp3) is 0.444. The van der Waals surface area contributed by atoms with Gasteiger partial charge in [-0.1, -0.05) is 13.3 Å². The first kappa shape index (κ1) is 17.0.